The Morgan fingerprint density at radius 1 is 1.43 bits per heavy atom. The van der Waals surface area contributed by atoms with Crippen LogP contribution >= 0.6 is 0 Å². The molecule has 0 aromatic heterocycles. The van der Waals surface area contributed by atoms with Crippen LogP contribution in [0.3, 0.4) is 0 Å². The van der Waals surface area contributed by atoms with Gasteiger partial charge in [0, 0.05) is 5.92 Å². The average molecular weight is 192 g/mol. The van der Waals surface area contributed by atoms with E-state index in [1.807, 2.05) is 24.3 Å². The maximum atomic E-state index is 10.6. The van der Waals surface area contributed by atoms with Gasteiger partial charge in [-0.2, -0.15) is 0 Å². The van der Waals surface area contributed by atoms with Crippen LogP contribution in [0.5, 0.6) is 0 Å². The van der Waals surface area contributed by atoms with Crippen LogP contribution in [0.4, 0.5) is 0 Å². The van der Waals surface area contributed by atoms with Crippen LogP contribution in [-0.2, 0) is 11.2 Å². The number of aliphatic hydroxyl groups is 1. The molecule has 0 saturated carbocycles. The minimum Gasteiger partial charge on any atom is -0.481 e. The lowest BCUT2D eigenvalue weighted by Gasteiger charge is -2.12. The van der Waals surface area contributed by atoms with Crippen LogP contribution in [0.25, 0.3) is 0 Å². The van der Waals surface area contributed by atoms with E-state index in [4.69, 9.17) is 5.11 Å². The highest BCUT2D eigenvalue weighted by Crippen LogP contribution is 2.35. The number of carboxylic acid groups (broad SMARTS) is 1. The minimum atomic E-state index is -0.856. The van der Waals surface area contributed by atoms with Crippen molar-refractivity contribution in [2.45, 2.75) is 24.9 Å². The molecule has 14 heavy (non-hydrogen) atoms. The summed E-state index contributed by atoms with van der Waals surface area (Å²) in [7, 11) is 0. The van der Waals surface area contributed by atoms with Gasteiger partial charge >= 0.3 is 5.97 Å². The van der Waals surface area contributed by atoms with Gasteiger partial charge in [0.05, 0.1) is 12.5 Å². The van der Waals surface area contributed by atoms with Crippen molar-refractivity contribution in [3.8, 4) is 0 Å². The van der Waals surface area contributed by atoms with Crippen molar-refractivity contribution in [3.63, 3.8) is 0 Å². The number of aliphatic hydroxyl groups excluding tert-OH is 1. The smallest absolute Gasteiger partial charge is 0.304 e. The summed E-state index contributed by atoms with van der Waals surface area (Å²) >= 11 is 0. The Labute approximate surface area is 82.0 Å². The first-order chi connectivity index (χ1) is 6.68. The second-order valence-electron chi connectivity index (χ2n) is 3.67. The summed E-state index contributed by atoms with van der Waals surface area (Å²) in [6.07, 6.45) is 0.0512. The number of fused-ring (bicyclic) bond motifs is 1. The van der Waals surface area contributed by atoms with Gasteiger partial charge in [-0.3, -0.25) is 4.79 Å². The van der Waals surface area contributed by atoms with Crippen LogP contribution in [0.15, 0.2) is 24.3 Å². The van der Waals surface area contributed by atoms with Crippen LogP contribution in [0.2, 0.25) is 0 Å². The molecule has 3 nitrogen and oxygen atoms in total. The standard InChI is InChI=1S/C11H12O3/c12-10-5-7-3-1-2-4-8(7)9(10)6-11(13)14/h1-4,9-10,12H,5-6H2,(H,13,14)/t9-,10-/m1/s1. The Kier molecular flexibility index (Phi) is 2.25. The molecule has 1 aromatic carbocycles. The van der Waals surface area contributed by atoms with Gasteiger partial charge in [-0.05, 0) is 17.5 Å². The van der Waals surface area contributed by atoms with Crippen molar-refractivity contribution in [2.24, 2.45) is 0 Å². The van der Waals surface area contributed by atoms with Crippen LogP contribution in [0, 0.1) is 0 Å². The summed E-state index contributed by atoms with van der Waals surface area (Å²) in [5, 5.41) is 18.4. The monoisotopic (exact) mass is 192 g/mol. The predicted molar refractivity (Wildman–Crippen MR) is 51.1 cm³/mol. The molecule has 1 aromatic rings. The average Bonchev–Trinajstić information content (AvgIpc) is 2.43. The molecular formula is C11H12O3. The third-order valence-electron chi connectivity index (χ3n) is 2.74. The molecule has 2 atom stereocenters. The largest absolute Gasteiger partial charge is 0.481 e. The highest BCUT2D eigenvalue weighted by atomic mass is 16.4. The summed E-state index contributed by atoms with van der Waals surface area (Å²) in [5.41, 5.74) is 2.06. The molecule has 0 bridgehead atoms. The lowest BCUT2D eigenvalue weighted by molar-refractivity contribution is -0.138. The fourth-order valence-corrected chi connectivity index (χ4v) is 2.09. The van der Waals surface area contributed by atoms with E-state index in [0.717, 1.165) is 11.1 Å². The molecule has 74 valence electrons. The quantitative estimate of drug-likeness (QED) is 0.739. The Hall–Kier alpha value is -1.35. The second kappa shape index (κ2) is 3.42. The predicted octanol–water partition coefficient (Wildman–Crippen LogP) is 1.16. The van der Waals surface area contributed by atoms with Crippen molar-refractivity contribution in [2.75, 3.05) is 0 Å². The number of carbonyl (C=O) groups is 1. The first kappa shape index (κ1) is 9.21. The van der Waals surface area contributed by atoms with Gasteiger partial charge in [-0.15, -0.1) is 0 Å². The molecule has 0 saturated heterocycles. The van der Waals surface area contributed by atoms with E-state index in [-0.39, 0.29) is 12.3 Å². The van der Waals surface area contributed by atoms with Gasteiger partial charge in [0.1, 0.15) is 0 Å². The van der Waals surface area contributed by atoms with E-state index in [1.54, 1.807) is 0 Å². The van der Waals surface area contributed by atoms with Crippen LogP contribution in [-0.4, -0.2) is 22.3 Å². The summed E-state index contributed by atoms with van der Waals surface area (Å²) in [6.45, 7) is 0. The van der Waals surface area contributed by atoms with Crippen LogP contribution < -0.4 is 0 Å². The minimum absolute atomic E-state index is 0.0121. The summed E-state index contributed by atoms with van der Waals surface area (Å²) in [5.74, 6) is -1.09. The molecule has 2 N–H and O–H groups in total. The second-order valence-corrected chi connectivity index (χ2v) is 3.67. The lowest BCUT2D eigenvalue weighted by Crippen LogP contribution is -2.16. The van der Waals surface area contributed by atoms with E-state index in [9.17, 15) is 9.90 Å². The number of hydrogen-bond acceptors (Lipinski definition) is 2. The van der Waals surface area contributed by atoms with E-state index in [1.165, 1.54) is 0 Å². The van der Waals surface area contributed by atoms with E-state index < -0.39 is 12.1 Å². The molecule has 0 aliphatic heterocycles. The molecule has 0 radical (unpaired) electrons. The molecule has 1 aliphatic rings. The first-order valence-corrected chi connectivity index (χ1v) is 4.66. The van der Waals surface area contributed by atoms with Crippen LogP contribution in [0.1, 0.15) is 23.5 Å². The molecule has 0 unspecified atom stereocenters. The number of hydrogen-bond donors (Lipinski definition) is 2. The zero-order valence-electron chi connectivity index (χ0n) is 7.68. The van der Waals surface area contributed by atoms with Gasteiger partial charge in [0.25, 0.3) is 0 Å². The Morgan fingerprint density at radius 2 is 2.14 bits per heavy atom. The molecule has 3 heteroatoms. The fraction of sp³-hybridized carbons (Fsp3) is 0.364. The molecular weight excluding hydrogens is 180 g/mol. The van der Waals surface area contributed by atoms with Gasteiger partial charge < -0.3 is 10.2 Å². The maximum Gasteiger partial charge on any atom is 0.304 e. The zero-order chi connectivity index (χ0) is 10.1. The highest BCUT2D eigenvalue weighted by Gasteiger charge is 2.31. The normalized spacial score (nSPS) is 24.6. The third kappa shape index (κ3) is 1.51. The molecule has 0 spiro atoms. The molecule has 1 aliphatic carbocycles. The Bertz CT molecular complexity index is 359. The maximum absolute atomic E-state index is 10.6. The van der Waals surface area contributed by atoms with Crippen molar-refractivity contribution in [1.82, 2.24) is 0 Å². The van der Waals surface area contributed by atoms with Gasteiger partial charge in [0.2, 0.25) is 0 Å². The summed E-state index contributed by atoms with van der Waals surface area (Å²) in [6, 6.07) is 7.64. The first-order valence-electron chi connectivity index (χ1n) is 4.66. The summed E-state index contributed by atoms with van der Waals surface area (Å²) in [4.78, 5) is 10.6. The van der Waals surface area contributed by atoms with Crippen molar-refractivity contribution in [3.05, 3.63) is 35.4 Å². The number of rotatable bonds is 2. The zero-order valence-corrected chi connectivity index (χ0v) is 7.68. The Morgan fingerprint density at radius 3 is 2.86 bits per heavy atom. The molecule has 0 amide bonds. The van der Waals surface area contributed by atoms with Crippen molar-refractivity contribution in [1.29, 1.82) is 0 Å². The van der Waals surface area contributed by atoms with Gasteiger partial charge in [-0.25, -0.2) is 0 Å². The molecule has 0 heterocycles. The van der Waals surface area contributed by atoms with E-state index in [0.29, 0.717) is 6.42 Å². The number of benzene rings is 1. The SMILES string of the molecule is O=C(O)C[C@@H]1c2ccccc2C[C@H]1O. The topological polar surface area (TPSA) is 57.5 Å². The molecule has 0 fully saturated rings. The van der Waals surface area contributed by atoms with Crippen molar-refractivity contribution < 1.29 is 15.0 Å². The van der Waals surface area contributed by atoms with E-state index in [2.05, 4.69) is 0 Å². The molecule has 2 rings (SSSR count). The van der Waals surface area contributed by atoms with Gasteiger partial charge in [0.15, 0.2) is 0 Å². The Balaban J connectivity index is 2.30. The highest BCUT2D eigenvalue weighted by molar-refractivity contribution is 5.68. The van der Waals surface area contributed by atoms with Crippen molar-refractivity contribution >= 4 is 5.97 Å². The number of carboxylic acids is 1. The summed E-state index contributed by atoms with van der Waals surface area (Å²) < 4.78 is 0. The fourth-order valence-electron chi connectivity index (χ4n) is 2.09. The van der Waals surface area contributed by atoms with E-state index >= 15 is 0 Å². The van der Waals surface area contributed by atoms with Gasteiger partial charge in [-0.1, -0.05) is 24.3 Å². The third-order valence-corrected chi connectivity index (χ3v) is 2.74. The lowest BCUT2D eigenvalue weighted by atomic mass is 9.96. The number of aliphatic carboxylic acids is 1.